The van der Waals surface area contributed by atoms with E-state index in [1.54, 1.807) is 18.6 Å². The molecule has 2 aromatic heterocycles. The van der Waals surface area contributed by atoms with Crippen molar-refractivity contribution in [3.05, 3.63) is 48.4 Å². The first-order valence-electron chi connectivity index (χ1n) is 6.85. The highest BCUT2D eigenvalue weighted by Gasteiger charge is 2.13. The molecular weight excluding hydrogens is 264 g/mol. The van der Waals surface area contributed by atoms with E-state index in [-0.39, 0.29) is 11.6 Å². The first-order chi connectivity index (χ1) is 9.94. The normalized spacial score (nSPS) is 11.0. The predicted molar refractivity (Wildman–Crippen MR) is 82.6 cm³/mol. The number of aromatic nitrogens is 2. The molecule has 2 N–H and O–H groups in total. The van der Waals surface area contributed by atoms with Gasteiger partial charge in [0.25, 0.3) is 0 Å². The van der Waals surface area contributed by atoms with Crippen molar-refractivity contribution in [2.24, 2.45) is 0 Å². The number of carbonyl (C=O) groups excluding carboxylic acids is 1. The van der Waals surface area contributed by atoms with Crippen LogP contribution in [0.4, 0.5) is 4.79 Å². The van der Waals surface area contributed by atoms with Crippen LogP contribution in [0, 0.1) is 0 Å². The minimum absolute atomic E-state index is 0.178. The number of urea groups is 1. The van der Waals surface area contributed by atoms with Crippen LogP contribution in [0.5, 0.6) is 0 Å². The number of pyridine rings is 2. The Morgan fingerprint density at radius 3 is 2.71 bits per heavy atom. The molecule has 0 bridgehead atoms. The van der Waals surface area contributed by atoms with Gasteiger partial charge in [0.05, 0.1) is 5.69 Å². The molecule has 0 aliphatic rings. The summed E-state index contributed by atoms with van der Waals surface area (Å²) in [4.78, 5) is 20.2. The summed E-state index contributed by atoms with van der Waals surface area (Å²) >= 11 is 0. The Hall–Kier alpha value is -2.43. The molecule has 2 aromatic rings. The highest BCUT2D eigenvalue weighted by Crippen LogP contribution is 2.16. The van der Waals surface area contributed by atoms with Gasteiger partial charge in [0, 0.05) is 36.2 Å². The van der Waals surface area contributed by atoms with E-state index in [9.17, 15) is 4.79 Å². The summed E-state index contributed by atoms with van der Waals surface area (Å²) in [5, 5.41) is 5.70. The maximum absolute atomic E-state index is 11.7. The van der Waals surface area contributed by atoms with Crippen molar-refractivity contribution in [3.63, 3.8) is 0 Å². The minimum atomic E-state index is -0.247. The van der Waals surface area contributed by atoms with Crippen LogP contribution in [0.15, 0.2) is 42.9 Å². The lowest BCUT2D eigenvalue weighted by molar-refractivity contribution is 0.231. The van der Waals surface area contributed by atoms with Crippen molar-refractivity contribution in [2.75, 3.05) is 0 Å². The number of amides is 2. The number of hydrogen-bond donors (Lipinski definition) is 2. The van der Waals surface area contributed by atoms with Gasteiger partial charge >= 0.3 is 6.03 Å². The quantitative estimate of drug-likeness (QED) is 0.910. The van der Waals surface area contributed by atoms with Gasteiger partial charge in [0.15, 0.2) is 0 Å². The van der Waals surface area contributed by atoms with Crippen LogP contribution in [0.3, 0.4) is 0 Å². The Morgan fingerprint density at radius 1 is 1.24 bits per heavy atom. The van der Waals surface area contributed by atoms with Gasteiger partial charge in [-0.25, -0.2) is 4.79 Å². The fraction of sp³-hybridized carbons (Fsp3) is 0.312. The van der Waals surface area contributed by atoms with Crippen LogP contribution in [0.25, 0.3) is 11.3 Å². The molecule has 110 valence electrons. The summed E-state index contributed by atoms with van der Waals surface area (Å²) in [6.45, 7) is 6.29. The number of hydrogen-bond acceptors (Lipinski definition) is 3. The molecule has 0 saturated heterocycles. The van der Waals surface area contributed by atoms with Crippen molar-refractivity contribution in [3.8, 4) is 11.3 Å². The standard InChI is InChI=1S/C16H20N4O/c1-16(2,3)20-15(21)19-10-12-6-8-18-14(9-12)13-5-4-7-17-11-13/h4-9,11H,10H2,1-3H3,(H2,19,20,21). The highest BCUT2D eigenvalue weighted by atomic mass is 16.2. The predicted octanol–water partition coefficient (Wildman–Crippen LogP) is 2.74. The van der Waals surface area contributed by atoms with Gasteiger partial charge in [-0.15, -0.1) is 0 Å². The SMILES string of the molecule is CC(C)(C)NC(=O)NCc1ccnc(-c2cccnc2)c1. The maximum Gasteiger partial charge on any atom is 0.315 e. The molecule has 0 aliphatic heterocycles. The average Bonchev–Trinajstić information content (AvgIpc) is 2.45. The number of nitrogens with zero attached hydrogens (tertiary/aromatic N) is 2. The molecule has 2 rings (SSSR count). The molecule has 0 fully saturated rings. The zero-order chi connectivity index (χ0) is 15.3. The third kappa shape index (κ3) is 4.87. The Labute approximate surface area is 124 Å². The van der Waals surface area contributed by atoms with E-state index in [1.165, 1.54) is 0 Å². The molecule has 5 nitrogen and oxygen atoms in total. The highest BCUT2D eigenvalue weighted by molar-refractivity contribution is 5.74. The lowest BCUT2D eigenvalue weighted by atomic mass is 10.1. The molecule has 0 unspecified atom stereocenters. The zero-order valence-corrected chi connectivity index (χ0v) is 12.6. The van der Waals surface area contributed by atoms with E-state index in [0.717, 1.165) is 16.8 Å². The van der Waals surface area contributed by atoms with Gasteiger partial charge in [0.1, 0.15) is 0 Å². The number of nitrogens with one attached hydrogen (secondary N) is 2. The van der Waals surface area contributed by atoms with Crippen molar-refractivity contribution in [2.45, 2.75) is 32.9 Å². The van der Waals surface area contributed by atoms with Crippen LogP contribution in [-0.4, -0.2) is 21.5 Å². The van der Waals surface area contributed by atoms with Gasteiger partial charge in [-0.2, -0.15) is 0 Å². The molecule has 5 heteroatoms. The Morgan fingerprint density at radius 2 is 2.05 bits per heavy atom. The van der Waals surface area contributed by atoms with Crippen LogP contribution in [0.1, 0.15) is 26.3 Å². The van der Waals surface area contributed by atoms with Gasteiger partial charge in [-0.3, -0.25) is 9.97 Å². The summed E-state index contributed by atoms with van der Waals surface area (Å²) in [5.41, 5.74) is 2.55. The van der Waals surface area contributed by atoms with Gasteiger partial charge < -0.3 is 10.6 Å². The van der Waals surface area contributed by atoms with Crippen LogP contribution < -0.4 is 10.6 Å². The molecule has 2 amide bonds. The van der Waals surface area contributed by atoms with Gasteiger partial charge in [-0.05, 0) is 50.6 Å². The first kappa shape index (κ1) is 15.0. The van der Waals surface area contributed by atoms with Crippen LogP contribution >= 0.6 is 0 Å². The van der Waals surface area contributed by atoms with Crippen molar-refractivity contribution >= 4 is 6.03 Å². The van der Waals surface area contributed by atoms with E-state index < -0.39 is 0 Å². The van der Waals surface area contributed by atoms with E-state index in [4.69, 9.17) is 0 Å². The Bertz CT molecular complexity index is 605. The van der Waals surface area contributed by atoms with Crippen molar-refractivity contribution in [1.82, 2.24) is 20.6 Å². The third-order valence-corrected chi connectivity index (χ3v) is 2.72. The van der Waals surface area contributed by atoms with Crippen molar-refractivity contribution < 1.29 is 4.79 Å². The largest absolute Gasteiger partial charge is 0.334 e. The monoisotopic (exact) mass is 284 g/mol. The van der Waals surface area contributed by atoms with Crippen molar-refractivity contribution in [1.29, 1.82) is 0 Å². The number of rotatable bonds is 3. The molecule has 0 spiro atoms. The molecule has 0 aliphatic carbocycles. The first-order valence-corrected chi connectivity index (χ1v) is 6.85. The second-order valence-corrected chi connectivity index (χ2v) is 5.85. The smallest absolute Gasteiger partial charge is 0.315 e. The third-order valence-electron chi connectivity index (χ3n) is 2.72. The molecule has 0 saturated carbocycles. The summed E-state index contributed by atoms with van der Waals surface area (Å²) < 4.78 is 0. The molecule has 0 radical (unpaired) electrons. The molecular formula is C16H20N4O. The average molecular weight is 284 g/mol. The topological polar surface area (TPSA) is 66.9 Å². The molecule has 2 heterocycles. The van der Waals surface area contributed by atoms with Crippen LogP contribution in [0.2, 0.25) is 0 Å². The Balaban J connectivity index is 2.01. The van der Waals surface area contributed by atoms with E-state index >= 15 is 0 Å². The van der Waals surface area contributed by atoms with E-state index in [2.05, 4.69) is 20.6 Å². The fourth-order valence-electron chi connectivity index (χ4n) is 1.82. The van der Waals surface area contributed by atoms with E-state index in [1.807, 2.05) is 45.0 Å². The van der Waals surface area contributed by atoms with Gasteiger partial charge in [-0.1, -0.05) is 0 Å². The fourth-order valence-corrected chi connectivity index (χ4v) is 1.82. The van der Waals surface area contributed by atoms with Gasteiger partial charge in [0.2, 0.25) is 0 Å². The zero-order valence-electron chi connectivity index (χ0n) is 12.6. The summed E-state index contributed by atoms with van der Waals surface area (Å²) in [6, 6.07) is 7.49. The summed E-state index contributed by atoms with van der Waals surface area (Å²) in [5.74, 6) is 0. The summed E-state index contributed by atoms with van der Waals surface area (Å²) in [7, 11) is 0. The molecule has 0 aromatic carbocycles. The van der Waals surface area contributed by atoms with Crippen LogP contribution in [-0.2, 0) is 6.54 Å². The maximum atomic E-state index is 11.7. The summed E-state index contributed by atoms with van der Waals surface area (Å²) in [6.07, 6.45) is 5.23. The lowest BCUT2D eigenvalue weighted by Crippen LogP contribution is -2.46. The Kier molecular flexibility index (Phi) is 4.52. The van der Waals surface area contributed by atoms with E-state index in [0.29, 0.717) is 6.54 Å². The molecule has 0 atom stereocenters. The lowest BCUT2D eigenvalue weighted by Gasteiger charge is -2.20. The molecule has 21 heavy (non-hydrogen) atoms. The number of carbonyl (C=O) groups is 1. The minimum Gasteiger partial charge on any atom is -0.334 e. The second kappa shape index (κ2) is 6.35. The second-order valence-electron chi connectivity index (χ2n) is 5.85.